The van der Waals surface area contributed by atoms with Crippen LogP contribution in [0.2, 0.25) is 0 Å². The second kappa shape index (κ2) is 13.2. The molecule has 0 spiro atoms. The zero-order valence-corrected chi connectivity index (χ0v) is 32.8. The fraction of sp³-hybridized carbons (Fsp3) is 0.316. The van der Waals surface area contributed by atoms with Gasteiger partial charge in [0.2, 0.25) is 11.4 Å². The minimum absolute atomic E-state index is 0.179. The molecule has 0 atom stereocenters. The van der Waals surface area contributed by atoms with Crippen LogP contribution < -0.4 is 9.47 Å². The first kappa shape index (κ1) is 34.8. The summed E-state index contributed by atoms with van der Waals surface area (Å²) in [6.45, 7) is 14.6. The Hall–Kier alpha value is -4.60. The van der Waals surface area contributed by atoms with Gasteiger partial charge in [-0.25, -0.2) is 9.98 Å². The van der Waals surface area contributed by atoms with Crippen molar-refractivity contribution in [3.8, 4) is 55.3 Å². The van der Waals surface area contributed by atoms with Crippen molar-refractivity contribution in [3.05, 3.63) is 45.1 Å². The molecule has 0 aliphatic heterocycles. The second-order valence-corrected chi connectivity index (χ2v) is 18.3. The van der Waals surface area contributed by atoms with Crippen LogP contribution in [0.25, 0.3) is 40.1 Å². The highest BCUT2D eigenvalue weighted by Crippen LogP contribution is 2.68. The van der Waals surface area contributed by atoms with Crippen molar-refractivity contribution in [2.75, 3.05) is 13.2 Å². The van der Waals surface area contributed by atoms with E-state index in [4.69, 9.17) is 9.47 Å². The van der Waals surface area contributed by atoms with Gasteiger partial charge in [0.15, 0.2) is 0 Å². The van der Waals surface area contributed by atoms with Gasteiger partial charge in [0.1, 0.15) is 45.8 Å². The number of rotatable bonds is 10. The molecule has 2 aliphatic carbocycles. The quantitative estimate of drug-likeness (QED) is 0.130. The Morgan fingerprint density at radius 3 is 1.65 bits per heavy atom. The molecule has 0 saturated heterocycles. The Balaban J connectivity index is 1.31. The first-order valence-corrected chi connectivity index (χ1v) is 20.4. The fourth-order valence-corrected chi connectivity index (χ4v) is 13.6. The van der Waals surface area contributed by atoms with Gasteiger partial charge in [0.25, 0.3) is 0 Å². The van der Waals surface area contributed by atoms with E-state index < -0.39 is 0 Å². The maximum atomic E-state index is 9.31. The minimum Gasteiger partial charge on any atom is -0.492 e. The zero-order chi connectivity index (χ0) is 36.2. The van der Waals surface area contributed by atoms with Gasteiger partial charge in [-0.1, -0.05) is 41.5 Å². The van der Waals surface area contributed by atoms with E-state index in [0.717, 1.165) is 43.8 Å². The van der Waals surface area contributed by atoms with E-state index in [1.54, 1.807) is 22.7 Å². The summed E-state index contributed by atoms with van der Waals surface area (Å²) in [6.07, 6.45) is 1.71. The molecule has 5 aromatic heterocycles. The number of allylic oxidation sites excluding steroid dienone is 2. The third kappa shape index (κ3) is 5.62. The van der Waals surface area contributed by atoms with Crippen LogP contribution in [0.1, 0.15) is 75.3 Å². The predicted molar refractivity (Wildman–Crippen MR) is 212 cm³/mol. The van der Waals surface area contributed by atoms with Crippen molar-refractivity contribution in [2.45, 2.75) is 65.2 Å². The van der Waals surface area contributed by atoms with Crippen LogP contribution in [0.5, 0.6) is 11.5 Å². The molecular weight excluding hydrogens is 733 g/mol. The summed E-state index contributed by atoms with van der Waals surface area (Å²) >= 11 is 8.28. The Kier molecular flexibility index (Phi) is 9.00. The Morgan fingerprint density at radius 1 is 0.627 bits per heavy atom. The van der Waals surface area contributed by atoms with Gasteiger partial charge in [-0.15, -0.1) is 56.7 Å². The molecule has 0 fully saturated rings. The molecule has 0 amide bonds. The maximum Gasteiger partial charge on any atom is 0.219 e. The molecule has 5 aromatic rings. The number of hydrogen-bond donors (Lipinski definition) is 0. The standard InChI is InChI=1S/C38H30N6O2S5/c1-7-9-45-22-12-27(43-19(15-39)16-40)50-33(22)24-11-21-32(47-24)29-30(37(21,3)4)36-31(38(29,5)6)35-26(49-36)14-25(48-35)34-23(46-10-8-2)13-28(51-34)44-20(17-41)18-42/h11-14H,7-10H2,1-6H3. The molecule has 0 saturated carbocycles. The lowest BCUT2D eigenvalue weighted by atomic mass is 9.80. The van der Waals surface area contributed by atoms with Gasteiger partial charge in [-0.2, -0.15) is 21.0 Å². The topological polar surface area (TPSA) is 138 Å². The van der Waals surface area contributed by atoms with Crippen LogP contribution >= 0.6 is 56.7 Å². The van der Waals surface area contributed by atoms with Crippen LogP contribution in [0, 0.1) is 45.3 Å². The van der Waals surface area contributed by atoms with Crippen LogP contribution in [0.4, 0.5) is 10.0 Å². The predicted octanol–water partition coefficient (Wildman–Crippen LogP) is 11.8. The molecular formula is C38H30N6O2S5. The summed E-state index contributed by atoms with van der Waals surface area (Å²) in [5, 5.41) is 38.3. The van der Waals surface area contributed by atoms with E-state index in [1.807, 2.05) is 47.7 Å². The third-order valence-corrected chi connectivity index (χ3v) is 14.9. The molecule has 0 bridgehead atoms. The van der Waals surface area contributed by atoms with Gasteiger partial charge in [0.05, 0.1) is 32.5 Å². The second-order valence-electron chi connectivity index (χ2n) is 13.1. The number of nitriles is 4. The lowest BCUT2D eigenvalue weighted by molar-refractivity contribution is 0.320. The Labute approximate surface area is 316 Å². The first-order valence-electron chi connectivity index (χ1n) is 16.3. The van der Waals surface area contributed by atoms with Crippen molar-refractivity contribution >= 4 is 98.7 Å². The molecule has 51 heavy (non-hydrogen) atoms. The summed E-state index contributed by atoms with van der Waals surface area (Å²) < 4.78 is 14.8. The zero-order valence-electron chi connectivity index (χ0n) is 28.7. The van der Waals surface area contributed by atoms with E-state index in [2.05, 4.69) is 63.7 Å². The van der Waals surface area contributed by atoms with Crippen molar-refractivity contribution < 1.29 is 9.47 Å². The molecule has 0 unspecified atom stereocenters. The fourth-order valence-electron chi connectivity index (χ4n) is 6.76. The highest BCUT2D eigenvalue weighted by atomic mass is 32.1. The molecule has 0 N–H and O–H groups in total. The molecule has 0 aromatic carbocycles. The van der Waals surface area contributed by atoms with Crippen LogP contribution in [0.3, 0.4) is 0 Å². The molecule has 5 heterocycles. The van der Waals surface area contributed by atoms with Crippen molar-refractivity contribution in [2.24, 2.45) is 9.98 Å². The van der Waals surface area contributed by atoms with Gasteiger partial charge < -0.3 is 9.47 Å². The van der Waals surface area contributed by atoms with Crippen molar-refractivity contribution in [3.63, 3.8) is 0 Å². The van der Waals surface area contributed by atoms with Gasteiger partial charge >= 0.3 is 0 Å². The number of aliphatic imine (C=N–C) groups is 2. The normalized spacial score (nSPS) is 14.5. The minimum atomic E-state index is -0.252. The Morgan fingerprint density at radius 2 is 1.14 bits per heavy atom. The van der Waals surface area contributed by atoms with E-state index in [0.29, 0.717) is 23.2 Å². The molecule has 13 heteroatoms. The summed E-state index contributed by atoms with van der Waals surface area (Å²) in [6, 6.07) is 15.6. The number of nitrogens with zero attached hydrogens (tertiary/aromatic N) is 6. The van der Waals surface area contributed by atoms with E-state index in [-0.39, 0.29) is 22.3 Å². The number of thiophene rings is 5. The summed E-state index contributed by atoms with van der Waals surface area (Å²) in [5.74, 6) is 1.45. The summed E-state index contributed by atoms with van der Waals surface area (Å²) in [7, 11) is 0. The highest BCUT2D eigenvalue weighted by molar-refractivity contribution is 7.32. The molecule has 254 valence electrons. The van der Waals surface area contributed by atoms with Gasteiger partial charge in [0, 0.05) is 42.3 Å². The third-order valence-electron chi connectivity index (χ3n) is 8.96. The SMILES string of the molecule is CCCOc1cc(N=C(C#N)C#N)sc1-c1cc2c(s1)C1=C(c3sc4cc(-c5sc(N=C(C#N)C#N)cc5OCCC)sc4c3C1(C)C)C2(C)C. The highest BCUT2D eigenvalue weighted by Gasteiger charge is 2.53. The molecule has 2 aliphatic rings. The molecule has 0 radical (unpaired) electrons. The van der Waals surface area contributed by atoms with Crippen molar-refractivity contribution in [1.82, 2.24) is 0 Å². The average molecular weight is 763 g/mol. The lowest BCUT2D eigenvalue weighted by Gasteiger charge is -2.24. The lowest BCUT2D eigenvalue weighted by Crippen LogP contribution is -2.16. The van der Waals surface area contributed by atoms with Crippen LogP contribution in [-0.2, 0) is 10.8 Å². The summed E-state index contributed by atoms with van der Waals surface area (Å²) in [4.78, 5) is 15.3. The number of hydrogen-bond acceptors (Lipinski definition) is 13. The summed E-state index contributed by atoms with van der Waals surface area (Å²) in [5.41, 5.74) is 4.60. The van der Waals surface area contributed by atoms with Crippen molar-refractivity contribution in [1.29, 1.82) is 21.0 Å². The largest absolute Gasteiger partial charge is 0.492 e. The van der Waals surface area contributed by atoms with E-state index in [9.17, 15) is 21.0 Å². The molecule has 7 rings (SSSR count). The smallest absolute Gasteiger partial charge is 0.219 e. The Bertz CT molecular complexity index is 2490. The number of fused-ring (bicyclic) bond motifs is 6. The maximum absolute atomic E-state index is 9.31. The average Bonchev–Trinajstić information content (AvgIpc) is 3.95. The molecule has 8 nitrogen and oxygen atoms in total. The van der Waals surface area contributed by atoms with Gasteiger partial charge in [-0.3, -0.25) is 0 Å². The number of ether oxygens (including phenoxy) is 2. The monoisotopic (exact) mass is 762 g/mol. The first-order chi connectivity index (χ1) is 24.5. The van der Waals surface area contributed by atoms with Crippen LogP contribution in [-0.4, -0.2) is 24.6 Å². The van der Waals surface area contributed by atoms with Crippen LogP contribution in [0.15, 0.2) is 34.3 Å². The van der Waals surface area contributed by atoms with Gasteiger partial charge in [-0.05, 0) is 47.2 Å². The van der Waals surface area contributed by atoms with E-state index in [1.165, 1.54) is 64.1 Å². The van der Waals surface area contributed by atoms with E-state index >= 15 is 0 Å².